The second kappa shape index (κ2) is 20.3. The average Bonchev–Trinajstić information content (AvgIpc) is 3.18. The number of esters is 2. The first-order chi connectivity index (χ1) is 27.7. The summed E-state index contributed by atoms with van der Waals surface area (Å²) in [6, 6.07) is -0.296. The molecule has 0 spiro atoms. The van der Waals surface area contributed by atoms with E-state index in [0.29, 0.717) is 5.69 Å². The maximum Gasteiger partial charge on any atom is 0.348 e. The van der Waals surface area contributed by atoms with Crippen molar-refractivity contribution in [1.82, 2.24) is 24.8 Å². The van der Waals surface area contributed by atoms with E-state index < -0.39 is 140 Å². The number of aromatic amines is 1. The molecule has 0 aliphatic rings. The van der Waals surface area contributed by atoms with Crippen LogP contribution in [-0.2, 0) is 49.6 Å². The number of imide groups is 1. The monoisotopic (exact) mass is 828 g/mol. The number of carbonyl (C=O) groups excluding carboxylic acids is 5. The van der Waals surface area contributed by atoms with Gasteiger partial charge in [0.25, 0.3) is 11.5 Å². The van der Waals surface area contributed by atoms with Crippen molar-refractivity contribution < 1.29 is 68.3 Å². The third-order valence-electron chi connectivity index (χ3n) is 8.59. The highest BCUT2D eigenvalue weighted by molar-refractivity contribution is 6.19. The Kier molecular flexibility index (Phi) is 15.8. The van der Waals surface area contributed by atoms with E-state index in [0.717, 1.165) is 12.1 Å². The molecule has 0 saturated heterocycles. The highest BCUT2D eigenvalue weighted by atomic mass is 16.6. The number of nitrogen functional groups attached to an aromatic ring is 1. The highest BCUT2D eigenvalue weighted by Crippen LogP contribution is 2.32. The van der Waals surface area contributed by atoms with Gasteiger partial charge >= 0.3 is 35.8 Å². The summed E-state index contributed by atoms with van der Waals surface area (Å²) in [5.74, 6) is -14.5. The van der Waals surface area contributed by atoms with Gasteiger partial charge in [0.15, 0.2) is 16.9 Å². The maximum absolute atomic E-state index is 14.4. The first kappa shape index (κ1) is 46.1. The van der Waals surface area contributed by atoms with E-state index in [1.807, 2.05) is 0 Å². The summed E-state index contributed by atoms with van der Waals surface area (Å²) in [5.41, 5.74) is 18.1. The van der Waals surface area contributed by atoms with Crippen LogP contribution in [0.1, 0.15) is 67.4 Å². The number of carboxylic acids is 4. The molecule has 0 radical (unpaired) electrons. The summed E-state index contributed by atoms with van der Waals surface area (Å²) in [6.45, 7) is -0.0446. The molecule has 0 aliphatic heterocycles. The third-order valence-corrected chi connectivity index (χ3v) is 8.59. The van der Waals surface area contributed by atoms with Crippen molar-refractivity contribution in [2.45, 2.75) is 81.6 Å². The molecule has 0 fully saturated rings. The number of ether oxygens (including phenoxy) is 1. The number of nitrogens with one attached hydrogen (secondary N) is 2. The Morgan fingerprint density at radius 1 is 0.797 bits per heavy atom. The Morgan fingerprint density at radius 2 is 1.36 bits per heavy atom. The van der Waals surface area contributed by atoms with Gasteiger partial charge in [-0.3, -0.25) is 53.0 Å². The molecule has 2 amide bonds. The van der Waals surface area contributed by atoms with Crippen molar-refractivity contribution in [3.8, 4) is 0 Å². The molecule has 3 rings (SSSR count). The second-order valence-corrected chi connectivity index (χ2v) is 12.8. The van der Waals surface area contributed by atoms with Crippen molar-refractivity contribution >= 4 is 76.2 Å². The lowest BCUT2D eigenvalue weighted by atomic mass is 9.82. The number of anilines is 2. The van der Waals surface area contributed by atoms with Crippen LogP contribution < -0.4 is 33.8 Å². The SMILES string of the molecule is Nc1nc2ncc(CNc3ccc(C(=O)N(C(=O)CC[C@H](N)C(=O)O)[C@](CCC(=O)O)(C(=O)CC[C@H](N)C(=O)O)C(=O)OC(=O)CC[C@H](N)C(=O)O)cc3)nc2c(=O)[nH]1. The van der Waals surface area contributed by atoms with Crippen molar-refractivity contribution in [2.24, 2.45) is 17.2 Å². The molecule has 2 heterocycles. The van der Waals surface area contributed by atoms with E-state index in [4.69, 9.17) is 32.8 Å². The Balaban J connectivity index is 2.12. The predicted molar refractivity (Wildman–Crippen MR) is 198 cm³/mol. The molecule has 1 aromatic carbocycles. The van der Waals surface area contributed by atoms with E-state index in [1.165, 1.54) is 18.3 Å². The van der Waals surface area contributed by atoms with Crippen LogP contribution in [0, 0.1) is 0 Å². The van der Waals surface area contributed by atoms with Crippen molar-refractivity contribution in [3.63, 3.8) is 0 Å². The number of rotatable bonds is 22. The number of Topliss-reactive ketones (excluding diaryl/α,β-unsaturated/α-hetero) is 1. The van der Waals surface area contributed by atoms with Crippen molar-refractivity contribution in [3.05, 3.63) is 52.1 Å². The fourth-order valence-corrected chi connectivity index (χ4v) is 5.35. The average molecular weight is 829 g/mol. The smallest absolute Gasteiger partial charge is 0.348 e. The summed E-state index contributed by atoms with van der Waals surface area (Å²) >= 11 is 0. The Morgan fingerprint density at radius 3 is 1.92 bits per heavy atom. The van der Waals surface area contributed by atoms with Crippen molar-refractivity contribution in [2.75, 3.05) is 11.1 Å². The van der Waals surface area contributed by atoms with E-state index in [9.17, 15) is 63.3 Å². The van der Waals surface area contributed by atoms with Crippen LogP contribution in [0.5, 0.6) is 0 Å². The van der Waals surface area contributed by atoms with Gasteiger partial charge in [-0.15, -0.1) is 0 Å². The first-order valence-corrected chi connectivity index (χ1v) is 17.4. The summed E-state index contributed by atoms with van der Waals surface area (Å²) in [6.07, 6.45) is -5.94. The molecule has 25 heteroatoms. The molecule has 59 heavy (non-hydrogen) atoms. The van der Waals surface area contributed by atoms with Crippen LogP contribution >= 0.6 is 0 Å². The van der Waals surface area contributed by atoms with Gasteiger partial charge in [-0.05, 0) is 49.9 Å². The number of nitrogens with zero attached hydrogens (tertiary/aromatic N) is 4. The quantitative estimate of drug-likeness (QED) is 0.0376. The van der Waals surface area contributed by atoms with Crippen LogP contribution in [0.4, 0.5) is 11.6 Å². The molecule has 25 nitrogen and oxygen atoms in total. The van der Waals surface area contributed by atoms with Crippen molar-refractivity contribution in [1.29, 1.82) is 0 Å². The highest BCUT2D eigenvalue weighted by Gasteiger charge is 2.57. The van der Waals surface area contributed by atoms with Crippen LogP contribution in [0.25, 0.3) is 11.2 Å². The molecule has 3 aromatic rings. The number of carbonyl (C=O) groups is 9. The number of ketones is 1. The van der Waals surface area contributed by atoms with E-state index >= 15 is 0 Å². The van der Waals surface area contributed by atoms with Gasteiger partial charge in [0.05, 0.1) is 18.4 Å². The molecule has 0 unspecified atom stereocenters. The predicted octanol–water partition coefficient (Wildman–Crippen LogP) is -2.30. The van der Waals surface area contributed by atoms with Crippen LogP contribution in [0.15, 0.2) is 35.3 Å². The Bertz CT molecular complexity index is 2200. The summed E-state index contributed by atoms with van der Waals surface area (Å²) in [7, 11) is 0. The zero-order valence-electron chi connectivity index (χ0n) is 30.9. The van der Waals surface area contributed by atoms with E-state index in [1.54, 1.807) is 0 Å². The number of fused-ring (bicyclic) bond motifs is 1. The summed E-state index contributed by atoms with van der Waals surface area (Å²) < 4.78 is 4.86. The number of aliphatic carboxylic acids is 4. The van der Waals surface area contributed by atoms with Gasteiger partial charge in [0.1, 0.15) is 18.1 Å². The zero-order chi connectivity index (χ0) is 44.2. The van der Waals surface area contributed by atoms with E-state index in [-0.39, 0.29) is 34.3 Å². The minimum atomic E-state index is -3.34. The standard InChI is InChI=1S/C34H40N10O15/c35-18(29(52)53)5-8-21(45)34(12-11-23(47)48,32(58)59-24(49)10-7-20(37)31(56)57)44(22(46)9-6-19(36)30(54)55)28(51)15-1-3-16(4-2-15)39-13-17-14-40-26-25(41-17)27(50)43-33(38)42-26/h1-4,14,18-20,39H,5-13,35-37H2,(H,47,48)(H,52,53)(H,54,55)(H,56,57)(H3,38,40,42,43,50)/t18-,19-,20-,34+/m0/s1. The number of carboxylic acid groups (broad SMARTS) is 4. The number of hydrogen-bond donors (Lipinski definition) is 10. The van der Waals surface area contributed by atoms with Crippen LogP contribution in [0.3, 0.4) is 0 Å². The minimum Gasteiger partial charge on any atom is -0.481 e. The number of H-pyrrole nitrogens is 1. The molecule has 14 N–H and O–H groups in total. The molecule has 0 saturated carbocycles. The van der Waals surface area contributed by atoms with Gasteiger partial charge in [-0.2, -0.15) is 4.98 Å². The number of aromatic nitrogens is 4. The normalized spacial score (nSPS) is 13.5. The van der Waals surface area contributed by atoms with Gasteiger partial charge in [-0.1, -0.05) is 0 Å². The van der Waals surface area contributed by atoms with Gasteiger partial charge in [0.2, 0.25) is 17.4 Å². The van der Waals surface area contributed by atoms with Crippen LogP contribution in [0.2, 0.25) is 0 Å². The number of benzene rings is 1. The lowest BCUT2D eigenvalue weighted by Gasteiger charge is -2.39. The molecular formula is C34H40N10O15. The summed E-state index contributed by atoms with van der Waals surface area (Å²) in [5, 5.41) is 40.3. The molecule has 0 aliphatic carbocycles. The lowest BCUT2D eigenvalue weighted by Crippen LogP contribution is -2.65. The fraction of sp³-hybridized carbons (Fsp3) is 0.382. The molecule has 4 atom stereocenters. The van der Waals surface area contributed by atoms with Gasteiger partial charge < -0.3 is 53.4 Å². The molecule has 316 valence electrons. The van der Waals surface area contributed by atoms with Gasteiger partial charge in [-0.25, -0.2) is 14.8 Å². The molecular weight excluding hydrogens is 788 g/mol. The third kappa shape index (κ3) is 12.1. The number of amides is 2. The lowest BCUT2D eigenvalue weighted by molar-refractivity contribution is -0.173. The minimum absolute atomic E-state index is 0.0137. The first-order valence-electron chi connectivity index (χ1n) is 17.4. The number of nitrogens with two attached hydrogens (primary N) is 4. The van der Waals surface area contributed by atoms with E-state index in [2.05, 4.69) is 25.3 Å². The van der Waals surface area contributed by atoms with Crippen LogP contribution in [-0.4, -0.2) is 122 Å². The Labute approximate surface area is 331 Å². The second-order valence-electron chi connectivity index (χ2n) is 12.8. The largest absolute Gasteiger partial charge is 0.481 e. The number of hydrogen-bond acceptors (Lipinski definition) is 19. The summed E-state index contributed by atoms with van der Waals surface area (Å²) in [4.78, 5) is 142. The van der Waals surface area contributed by atoms with Gasteiger partial charge in [0, 0.05) is 36.9 Å². The molecule has 0 bridgehead atoms. The topological polar surface area (TPSA) is 435 Å². The fourth-order valence-electron chi connectivity index (χ4n) is 5.35. The maximum atomic E-state index is 14.4. The Hall–Kier alpha value is -7.25. The molecule has 2 aromatic heterocycles. The zero-order valence-corrected chi connectivity index (χ0v) is 30.9.